The van der Waals surface area contributed by atoms with E-state index in [-0.39, 0.29) is 11.6 Å². The second kappa shape index (κ2) is 8.24. The highest BCUT2D eigenvalue weighted by Gasteiger charge is 2.33. The van der Waals surface area contributed by atoms with Crippen LogP contribution >= 0.6 is 0 Å². The summed E-state index contributed by atoms with van der Waals surface area (Å²) in [6.45, 7) is 5.90. The maximum atomic E-state index is 13.1. The number of halogens is 1. The summed E-state index contributed by atoms with van der Waals surface area (Å²) in [7, 11) is 0. The largest absolute Gasteiger partial charge is 0.477 e. The molecule has 5 rings (SSSR count). The van der Waals surface area contributed by atoms with E-state index < -0.39 is 0 Å². The standard InChI is InChI=1S/C27H24FNO3/c1-17-3-5-20(6-4-17)13-24-25(30)23-14-21-15-29(12-11-19-7-9-22(28)10-8-19)16-31-26(21)18(2)27(23)32-24/h3-10,13-14H,11-12,15-16H2,1-2H3/b24-13-. The minimum Gasteiger partial charge on any atom is -0.477 e. The van der Waals surface area contributed by atoms with Gasteiger partial charge in [-0.05, 0) is 55.7 Å². The lowest BCUT2D eigenvalue weighted by molar-refractivity contribution is 0.0954. The van der Waals surface area contributed by atoms with E-state index in [1.54, 1.807) is 6.08 Å². The fourth-order valence-corrected chi connectivity index (χ4v) is 4.19. The second-order valence-electron chi connectivity index (χ2n) is 8.42. The lowest BCUT2D eigenvalue weighted by atomic mass is 9.99. The topological polar surface area (TPSA) is 38.8 Å². The van der Waals surface area contributed by atoms with Crippen molar-refractivity contribution in [3.8, 4) is 11.5 Å². The number of carbonyl (C=O) groups is 1. The predicted octanol–water partition coefficient (Wildman–Crippen LogP) is 5.45. The number of ketones is 1. The van der Waals surface area contributed by atoms with Gasteiger partial charge in [-0.15, -0.1) is 0 Å². The van der Waals surface area contributed by atoms with Gasteiger partial charge in [0.05, 0.1) is 5.56 Å². The number of carbonyl (C=O) groups excluding carboxylic acids is 1. The minimum absolute atomic E-state index is 0.102. The minimum atomic E-state index is -0.226. The van der Waals surface area contributed by atoms with Crippen LogP contribution in [0.1, 0.15) is 38.2 Å². The van der Waals surface area contributed by atoms with Crippen LogP contribution in [0.15, 0.2) is 60.4 Å². The molecule has 3 aromatic rings. The number of allylic oxidation sites excluding steroid dienone is 1. The van der Waals surface area contributed by atoms with E-state index in [1.165, 1.54) is 17.7 Å². The monoisotopic (exact) mass is 429 g/mol. The molecule has 0 N–H and O–H groups in total. The van der Waals surface area contributed by atoms with Crippen molar-refractivity contribution < 1.29 is 18.7 Å². The fraction of sp³-hybridized carbons (Fsp3) is 0.222. The van der Waals surface area contributed by atoms with Crippen LogP contribution in [0.2, 0.25) is 0 Å². The van der Waals surface area contributed by atoms with Gasteiger partial charge in [-0.2, -0.15) is 0 Å². The van der Waals surface area contributed by atoms with Crippen molar-refractivity contribution in [3.05, 3.63) is 99.6 Å². The summed E-state index contributed by atoms with van der Waals surface area (Å²) in [4.78, 5) is 15.2. The van der Waals surface area contributed by atoms with Crippen molar-refractivity contribution in [1.29, 1.82) is 0 Å². The molecule has 0 saturated carbocycles. The summed E-state index contributed by atoms with van der Waals surface area (Å²) in [6, 6.07) is 16.5. The molecule has 0 aliphatic carbocycles. The average molecular weight is 429 g/mol. The third-order valence-corrected chi connectivity index (χ3v) is 6.01. The zero-order chi connectivity index (χ0) is 22.2. The van der Waals surface area contributed by atoms with Crippen LogP contribution in [-0.2, 0) is 13.0 Å². The molecular formula is C27H24FNO3. The second-order valence-corrected chi connectivity index (χ2v) is 8.42. The summed E-state index contributed by atoms with van der Waals surface area (Å²) in [6.07, 6.45) is 2.59. The molecular weight excluding hydrogens is 405 g/mol. The van der Waals surface area contributed by atoms with Crippen LogP contribution in [0.4, 0.5) is 4.39 Å². The van der Waals surface area contributed by atoms with Crippen molar-refractivity contribution in [2.24, 2.45) is 0 Å². The zero-order valence-electron chi connectivity index (χ0n) is 18.2. The smallest absolute Gasteiger partial charge is 0.231 e. The highest BCUT2D eigenvalue weighted by molar-refractivity contribution is 6.15. The Hall–Kier alpha value is -3.44. The van der Waals surface area contributed by atoms with E-state index in [0.29, 0.717) is 30.3 Å². The first-order valence-corrected chi connectivity index (χ1v) is 10.7. The number of aryl methyl sites for hydroxylation is 1. The number of ether oxygens (including phenoxy) is 2. The van der Waals surface area contributed by atoms with Crippen LogP contribution < -0.4 is 9.47 Å². The quantitative estimate of drug-likeness (QED) is 0.517. The predicted molar refractivity (Wildman–Crippen MR) is 121 cm³/mol. The summed E-state index contributed by atoms with van der Waals surface area (Å²) < 4.78 is 25.2. The third kappa shape index (κ3) is 3.92. The molecule has 162 valence electrons. The van der Waals surface area contributed by atoms with Gasteiger partial charge in [0.2, 0.25) is 5.78 Å². The Balaban J connectivity index is 1.35. The van der Waals surface area contributed by atoms with Gasteiger partial charge in [-0.25, -0.2) is 4.39 Å². The van der Waals surface area contributed by atoms with Crippen LogP contribution in [0.3, 0.4) is 0 Å². The Bertz CT molecular complexity index is 1210. The molecule has 0 unspecified atom stereocenters. The van der Waals surface area contributed by atoms with Crippen molar-refractivity contribution >= 4 is 11.9 Å². The van der Waals surface area contributed by atoms with Gasteiger partial charge in [0.15, 0.2) is 5.76 Å². The molecule has 0 spiro atoms. The Morgan fingerprint density at radius 2 is 1.78 bits per heavy atom. The van der Waals surface area contributed by atoms with Gasteiger partial charge in [0.25, 0.3) is 0 Å². The van der Waals surface area contributed by atoms with Gasteiger partial charge < -0.3 is 9.47 Å². The number of fused-ring (bicyclic) bond motifs is 2. The molecule has 0 aromatic heterocycles. The van der Waals surface area contributed by atoms with E-state index in [0.717, 1.165) is 41.0 Å². The first-order valence-electron chi connectivity index (χ1n) is 10.7. The Morgan fingerprint density at radius 3 is 2.53 bits per heavy atom. The molecule has 0 radical (unpaired) electrons. The van der Waals surface area contributed by atoms with Crippen LogP contribution in [0.5, 0.6) is 11.5 Å². The first kappa shape index (κ1) is 20.5. The molecule has 2 aliphatic heterocycles. The summed E-state index contributed by atoms with van der Waals surface area (Å²) in [5.74, 6) is 1.39. The lowest BCUT2D eigenvalue weighted by Crippen LogP contribution is -2.34. The number of rotatable bonds is 4. The van der Waals surface area contributed by atoms with Crippen molar-refractivity contribution in [2.45, 2.75) is 26.8 Å². The highest BCUT2D eigenvalue weighted by Crippen LogP contribution is 2.43. The SMILES string of the molecule is Cc1ccc(/C=C2\Oc3c(cc4c(c3C)OCN(CCc3ccc(F)cc3)C4)C2=O)cc1. The third-order valence-electron chi connectivity index (χ3n) is 6.01. The Labute approximate surface area is 186 Å². The van der Waals surface area contributed by atoms with E-state index >= 15 is 0 Å². The molecule has 3 aromatic carbocycles. The van der Waals surface area contributed by atoms with Crippen molar-refractivity contribution in [1.82, 2.24) is 4.90 Å². The van der Waals surface area contributed by atoms with Crippen LogP contribution in [0.25, 0.3) is 6.08 Å². The molecule has 0 fully saturated rings. The Morgan fingerprint density at radius 1 is 1.03 bits per heavy atom. The van der Waals surface area contributed by atoms with Gasteiger partial charge in [0.1, 0.15) is 24.0 Å². The molecule has 5 heteroatoms. The van der Waals surface area contributed by atoms with Gasteiger partial charge in [0, 0.05) is 24.2 Å². The summed E-state index contributed by atoms with van der Waals surface area (Å²) in [5, 5.41) is 0. The number of hydrogen-bond donors (Lipinski definition) is 0. The van der Waals surface area contributed by atoms with Gasteiger partial charge in [-0.1, -0.05) is 42.0 Å². The maximum absolute atomic E-state index is 13.1. The molecule has 0 amide bonds. The number of benzene rings is 3. The molecule has 0 saturated heterocycles. The van der Waals surface area contributed by atoms with Gasteiger partial charge >= 0.3 is 0 Å². The fourth-order valence-electron chi connectivity index (χ4n) is 4.19. The zero-order valence-corrected chi connectivity index (χ0v) is 18.2. The van der Waals surface area contributed by atoms with Gasteiger partial charge in [-0.3, -0.25) is 9.69 Å². The van der Waals surface area contributed by atoms with E-state index in [9.17, 15) is 9.18 Å². The Kier molecular flexibility index (Phi) is 5.27. The molecule has 2 aliphatic rings. The highest BCUT2D eigenvalue weighted by atomic mass is 19.1. The van der Waals surface area contributed by atoms with E-state index in [2.05, 4.69) is 4.90 Å². The van der Waals surface area contributed by atoms with E-state index in [1.807, 2.05) is 56.3 Å². The normalized spacial score (nSPS) is 16.5. The molecule has 4 nitrogen and oxygen atoms in total. The molecule has 32 heavy (non-hydrogen) atoms. The average Bonchev–Trinajstić information content (AvgIpc) is 3.10. The molecule has 2 heterocycles. The van der Waals surface area contributed by atoms with E-state index in [4.69, 9.17) is 9.47 Å². The number of Topliss-reactive ketones (excluding diaryl/α,β-unsaturated/α-hetero) is 1. The summed E-state index contributed by atoms with van der Waals surface area (Å²) >= 11 is 0. The number of nitrogens with zero attached hydrogens (tertiary/aromatic N) is 1. The first-order chi connectivity index (χ1) is 15.5. The lowest BCUT2D eigenvalue weighted by Gasteiger charge is -2.30. The molecule has 0 bridgehead atoms. The number of hydrogen-bond acceptors (Lipinski definition) is 4. The van der Waals surface area contributed by atoms with Crippen molar-refractivity contribution in [3.63, 3.8) is 0 Å². The molecule has 0 atom stereocenters. The van der Waals surface area contributed by atoms with Crippen molar-refractivity contribution in [2.75, 3.05) is 13.3 Å². The maximum Gasteiger partial charge on any atom is 0.231 e. The summed E-state index contributed by atoms with van der Waals surface area (Å²) in [5.41, 5.74) is 5.60. The van der Waals surface area contributed by atoms with Crippen LogP contribution in [0, 0.1) is 19.7 Å². The van der Waals surface area contributed by atoms with Crippen LogP contribution in [-0.4, -0.2) is 24.0 Å².